The van der Waals surface area contributed by atoms with Gasteiger partial charge in [-0.05, 0) is 52.3 Å². The number of rotatable bonds is 10. The molecule has 2 aromatic heterocycles. The predicted molar refractivity (Wildman–Crippen MR) is 116 cm³/mol. The van der Waals surface area contributed by atoms with Crippen LogP contribution in [0, 0.1) is 27.7 Å². The van der Waals surface area contributed by atoms with Crippen molar-refractivity contribution in [2.45, 2.75) is 54.3 Å². The minimum absolute atomic E-state index is 0.524. The Kier molecular flexibility index (Phi) is 7.22. The lowest BCUT2D eigenvalue weighted by Crippen LogP contribution is -2.23. The third kappa shape index (κ3) is 5.02. The van der Waals surface area contributed by atoms with E-state index in [-0.39, 0.29) is 0 Å². The first-order chi connectivity index (χ1) is 14.9. The zero-order valence-corrected chi connectivity index (χ0v) is 19.4. The number of nitrogens with zero attached hydrogens (tertiary/aromatic N) is 3. The first-order valence-electron chi connectivity index (χ1n) is 10.3. The summed E-state index contributed by atoms with van der Waals surface area (Å²) in [5, 5.41) is 8.21. The molecule has 0 aliphatic heterocycles. The standard InChI is InChI=1S/C23H31N3O5/c1-8-29-23-21(27-6)9-18(10-22(23)28-7)11-26(12-19-14(2)24-30-16(19)4)13-20-15(3)25-31-17(20)5/h9-10H,8,11-13H2,1-7H3. The van der Waals surface area contributed by atoms with Gasteiger partial charge in [0.05, 0.1) is 32.2 Å². The number of hydrogen-bond donors (Lipinski definition) is 0. The van der Waals surface area contributed by atoms with Crippen LogP contribution in [0.4, 0.5) is 0 Å². The molecular formula is C23H31N3O5. The molecule has 3 rings (SSSR count). The molecule has 0 amide bonds. The predicted octanol–water partition coefficient (Wildman–Crippen LogP) is 4.51. The van der Waals surface area contributed by atoms with Crippen LogP contribution in [-0.2, 0) is 19.6 Å². The van der Waals surface area contributed by atoms with Crippen molar-refractivity contribution in [3.63, 3.8) is 0 Å². The van der Waals surface area contributed by atoms with Gasteiger partial charge < -0.3 is 23.3 Å². The molecular weight excluding hydrogens is 398 g/mol. The summed E-state index contributed by atoms with van der Waals surface area (Å²) in [5.74, 6) is 3.54. The molecule has 0 N–H and O–H groups in total. The second-order valence-corrected chi connectivity index (χ2v) is 7.51. The summed E-state index contributed by atoms with van der Waals surface area (Å²) in [6.07, 6.45) is 0. The molecule has 0 bridgehead atoms. The molecule has 0 saturated carbocycles. The summed E-state index contributed by atoms with van der Waals surface area (Å²) in [5.41, 5.74) is 4.98. The normalized spacial score (nSPS) is 11.2. The van der Waals surface area contributed by atoms with Gasteiger partial charge in [0.15, 0.2) is 11.5 Å². The van der Waals surface area contributed by atoms with E-state index >= 15 is 0 Å². The Hall–Kier alpha value is -3.00. The van der Waals surface area contributed by atoms with Gasteiger partial charge in [0.2, 0.25) is 5.75 Å². The van der Waals surface area contributed by atoms with Crippen LogP contribution in [0.3, 0.4) is 0 Å². The van der Waals surface area contributed by atoms with Gasteiger partial charge in [-0.15, -0.1) is 0 Å². The van der Waals surface area contributed by atoms with Crippen molar-refractivity contribution >= 4 is 0 Å². The summed E-state index contributed by atoms with van der Waals surface area (Å²) < 4.78 is 27.7. The number of benzene rings is 1. The largest absolute Gasteiger partial charge is 0.493 e. The highest BCUT2D eigenvalue weighted by molar-refractivity contribution is 5.54. The summed E-state index contributed by atoms with van der Waals surface area (Å²) >= 11 is 0. The first kappa shape index (κ1) is 22.7. The minimum atomic E-state index is 0.524. The zero-order chi connectivity index (χ0) is 22.5. The Balaban J connectivity index is 1.96. The van der Waals surface area contributed by atoms with Gasteiger partial charge in [-0.3, -0.25) is 4.90 Å². The fourth-order valence-electron chi connectivity index (χ4n) is 3.64. The van der Waals surface area contributed by atoms with Crippen LogP contribution in [0.5, 0.6) is 17.2 Å². The molecule has 31 heavy (non-hydrogen) atoms. The number of ether oxygens (including phenoxy) is 3. The van der Waals surface area contributed by atoms with Crippen LogP contribution in [0.15, 0.2) is 21.2 Å². The van der Waals surface area contributed by atoms with Crippen molar-refractivity contribution < 1.29 is 23.3 Å². The van der Waals surface area contributed by atoms with Gasteiger partial charge in [0, 0.05) is 30.8 Å². The molecule has 0 fully saturated rings. The van der Waals surface area contributed by atoms with Gasteiger partial charge in [-0.1, -0.05) is 10.3 Å². The van der Waals surface area contributed by atoms with Crippen LogP contribution in [0.25, 0.3) is 0 Å². The number of aromatic nitrogens is 2. The minimum Gasteiger partial charge on any atom is -0.493 e. The molecule has 0 saturated heterocycles. The highest BCUT2D eigenvalue weighted by atomic mass is 16.5. The van der Waals surface area contributed by atoms with Crippen molar-refractivity contribution in [2.75, 3.05) is 20.8 Å². The van der Waals surface area contributed by atoms with E-state index in [9.17, 15) is 0 Å². The van der Waals surface area contributed by atoms with Crippen molar-refractivity contribution in [2.24, 2.45) is 0 Å². The smallest absolute Gasteiger partial charge is 0.203 e. The second-order valence-electron chi connectivity index (χ2n) is 7.51. The van der Waals surface area contributed by atoms with Gasteiger partial charge in [-0.25, -0.2) is 0 Å². The van der Waals surface area contributed by atoms with Crippen molar-refractivity contribution in [3.05, 3.63) is 51.7 Å². The van der Waals surface area contributed by atoms with E-state index in [0.717, 1.165) is 39.6 Å². The lowest BCUT2D eigenvalue weighted by atomic mass is 10.1. The molecule has 3 aromatic rings. The maximum atomic E-state index is 5.74. The van der Waals surface area contributed by atoms with Crippen LogP contribution < -0.4 is 14.2 Å². The fraction of sp³-hybridized carbons (Fsp3) is 0.478. The SMILES string of the molecule is CCOc1c(OC)cc(CN(Cc2c(C)noc2C)Cc2c(C)noc2C)cc1OC. The second kappa shape index (κ2) is 9.87. The van der Waals surface area contributed by atoms with Crippen molar-refractivity contribution in [3.8, 4) is 17.2 Å². The highest BCUT2D eigenvalue weighted by Gasteiger charge is 2.21. The van der Waals surface area contributed by atoms with Crippen LogP contribution in [0.2, 0.25) is 0 Å². The van der Waals surface area contributed by atoms with Crippen LogP contribution in [-0.4, -0.2) is 36.0 Å². The average molecular weight is 430 g/mol. The van der Waals surface area contributed by atoms with E-state index in [4.69, 9.17) is 23.3 Å². The summed E-state index contributed by atoms with van der Waals surface area (Å²) in [7, 11) is 3.26. The van der Waals surface area contributed by atoms with Crippen molar-refractivity contribution in [1.82, 2.24) is 15.2 Å². The Labute approximate surface area is 183 Å². The third-order valence-corrected chi connectivity index (χ3v) is 5.34. The molecule has 2 heterocycles. The Morgan fingerprint density at radius 2 is 1.29 bits per heavy atom. The van der Waals surface area contributed by atoms with Crippen molar-refractivity contribution in [1.29, 1.82) is 0 Å². The quantitative estimate of drug-likeness (QED) is 0.465. The van der Waals surface area contributed by atoms with Crippen LogP contribution in [0.1, 0.15) is 46.5 Å². The Morgan fingerprint density at radius 3 is 1.65 bits per heavy atom. The molecule has 0 radical (unpaired) electrons. The summed E-state index contributed by atoms with van der Waals surface area (Å²) in [4.78, 5) is 2.30. The molecule has 8 nitrogen and oxygen atoms in total. The van der Waals surface area contributed by atoms with E-state index in [1.165, 1.54) is 0 Å². The lowest BCUT2D eigenvalue weighted by Gasteiger charge is -2.23. The maximum absolute atomic E-state index is 5.74. The lowest BCUT2D eigenvalue weighted by molar-refractivity contribution is 0.241. The number of methoxy groups -OCH3 is 2. The number of aryl methyl sites for hydroxylation is 4. The molecule has 0 aliphatic rings. The molecule has 1 aromatic carbocycles. The Bertz CT molecular complexity index is 912. The van der Waals surface area contributed by atoms with Gasteiger partial charge >= 0.3 is 0 Å². The summed E-state index contributed by atoms with van der Waals surface area (Å²) in [6.45, 7) is 12.2. The fourth-order valence-corrected chi connectivity index (χ4v) is 3.64. The van der Waals surface area contributed by atoms with Gasteiger partial charge in [0.1, 0.15) is 11.5 Å². The maximum Gasteiger partial charge on any atom is 0.203 e. The monoisotopic (exact) mass is 429 g/mol. The zero-order valence-electron chi connectivity index (χ0n) is 19.4. The van der Waals surface area contributed by atoms with Gasteiger partial charge in [0.25, 0.3) is 0 Å². The van der Waals surface area contributed by atoms with E-state index in [0.29, 0.717) is 43.5 Å². The van der Waals surface area contributed by atoms with E-state index in [1.54, 1.807) is 14.2 Å². The molecule has 0 atom stereocenters. The molecule has 0 spiro atoms. The topological polar surface area (TPSA) is 83.0 Å². The van der Waals surface area contributed by atoms with Gasteiger partial charge in [-0.2, -0.15) is 0 Å². The molecule has 8 heteroatoms. The first-order valence-corrected chi connectivity index (χ1v) is 10.3. The molecule has 0 unspecified atom stereocenters. The van der Waals surface area contributed by atoms with E-state index in [1.807, 2.05) is 46.8 Å². The third-order valence-electron chi connectivity index (χ3n) is 5.34. The Morgan fingerprint density at radius 1 is 0.806 bits per heavy atom. The number of hydrogen-bond acceptors (Lipinski definition) is 8. The highest BCUT2D eigenvalue weighted by Crippen LogP contribution is 2.39. The average Bonchev–Trinajstić information content (AvgIpc) is 3.24. The molecule has 168 valence electrons. The summed E-state index contributed by atoms with van der Waals surface area (Å²) in [6, 6.07) is 3.97. The van der Waals surface area contributed by atoms with E-state index in [2.05, 4.69) is 15.2 Å². The van der Waals surface area contributed by atoms with E-state index < -0.39 is 0 Å². The molecule has 0 aliphatic carbocycles. The van der Waals surface area contributed by atoms with Crippen LogP contribution >= 0.6 is 0 Å².